The van der Waals surface area contributed by atoms with Gasteiger partial charge >= 0.3 is 0 Å². The molecule has 0 bridgehead atoms. The summed E-state index contributed by atoms with van der Waals surface area (Å²) in [6, 6.07) is 3.69. The quantitative estimate of drug-likeness (QED) is 0.890. The molecule has 24 heavy (non-hydrogen) atoms. The number of hydrogen-bond donors (Lipinski definition) is 1. The van der Waals surface area contributed by atoms with Gasteiger partial charge in [0.25, 0.3) is 10.2 Å². The van der Waals surface area contributed by atoms with Gasteiger partial charge in [-0.3, -0.25) is 4.57 Å². The maximum atomic E-state index is 12.4. The van der Waals surface area contributed by atoms with Crippen LogP contribution in [-0.4, -0.2) is 40.3 Å². The van der Waals surface area contributed by atoms with Crippen LogP contribution in [0.15, 0.2) is 30.7 Å². The van der Waals surface area contributed by atoms with E-state index in [0.717, 1.165) is 30.0 Å². The molecule has 1 N–H and O–H groups in total. The Morgan fingerprint density at radius 3 is 2.67 bits per heavy atom. The Morgan fingerprint density at radius 2 is 2.00 bits per heavy atom. The first-order chi connectivity index (χ1) is 11.5. The fourth-order valence-electron chi connectivity index (χ4n) is 2.81. The summed E-state index contributed by atoms with van der Waals surface area (Å²) in [5, 5.41) is 0. The Hall–Kier alpha value is -1.77. The SMILES string of the molecule is Cc1nccn1-c1cc(CNS(=O)(=O)N2CCC(C)CC2)ccn1. The Balaban J connectivity index is 1.67. The molecule has 0 spiro atoms. The van der Waals surface area contributed by atoms with Crippen LogP contribution in [0.3, 0.4) is 0 Å². The lowest BCUT2D eigenvalue weighted by atomic mass is 10.0. The van der Waals surface area contributed by atoms with E-state index < -0.39 is 10.2 Å². The van der Waals surface area contributed by atoms with Crippen LogP contribution in [0.2, 0.25) is 0 Å². The van der Waals surface area contributed by atoms with Crippen LogP contribution in [0.4, 0.5) is 0 Å². The van der Waals surface area contributed by atoms with Crippen LogP contribution < -0.4 is 4.72 Å². The highest BCUT2D eigenvalue weighted by Crippen LogP contribution is 2.18. The lowest BCUT2D eigenvalue weighted by molar-refractivity contribution is 0.285. The third-order valence-electron chi connectivity index (χ3n) is 4.42. The fraction of sp³-hybridized carbons (Fsp3) is 0.500. The maximum Gasteiger partial charge on any atom is 0.279 e. The second kappa shape index (κ2) is 7.00. The monoisotopic (exact) mass is 349 g/mol. The van der Waals surface area contributed by atoms with E-state index in [1.54, 1.807) is 12.4 Å². The van der Waals surface area contributed by atoms with Crippen molar-refractivity contribution in [3.63, 3.8) is 0 Å². The molecule has 130 valence electrons. The van der Waals surface area contributed by atoms with E-state index in [9.17, 15) is 8.42 Å². The van der Waals surface area contributed by atoms with Gasteiger partial charge in [0.05, 0.1) is 0 Å². The van der Waals surface area contributed by atoms with Crippen LogP contribution >= 0.6 is 0 Å². The number of imidazole rings is 1. The van der Waals surface area contributed by atoms with Crippen LogP contribution in [0, 0.1) is 12.8 Å². The van der Waals surface area contributed by atoms with Gasteiger partial charge in [-0.1, -0.05) is 6.92 Å². The van der Waals surface area contributed by atoms with Gasteiger partial charge in [-0.05, 0) is 43.4 Å². The first kappa shape index (κ1) is 17.1. The molecule has 7 nitrogen and oxygen atoms in total. The van der Waals surface area contributed by atoms with Gasteiger partial charge in [0, 0.05) is 38.2 Å². The number of piperidine rings is 1. The van der Waals surface area contributed by atoms with Crippen LogP contribution in [0.1, 0.15) is 31.2 Å². The molecule has 0 unspecified atom stereocenters. The Morgan fingerprint density at radius 1 is 1.25 bits per heavy atom. The molecule has 0 atom stereocenters. The molecule has 2 aromatic heterocycles. The zero-order valence-corrected chi connectivity index (χ0v) is 14.8. The number of rotatable bonds is 5. The van der Waals surface area contributed by atoms with E-state index >= 15 is 0 Å². The summed E-state index contributed by atoms with van der Waals surface area (Å²) < 4.78 is 30.9. The maximum absolute atomic E-state index is 12.4. The molecule has 1 saturated heterocycles. The second-order valence-electron chi connectivity index (χ2n) is 6.27. The van der Waals surface area contributed by atoms with Gasteiger partial charge in [-0.25, -0.2) is 9.97 Å². The number of pyridine rings is 1. The molecule has 1 aliphatic heterocycles. The van der Waals surface area contributed by atoms with Gasteiger partial charge in [0.2, 0.25) is 0 Å². The van der Waals surface area contributed by atoms with Gasteiger partial charge in [-0.2, -0.15) is 17.4 Å². The summed E-state index contributed by atoms with van der Waals surface area (Å²) in [4.78, 5) is 8.50. The molecule has 2 aromatic rings. The normalized spacial score (nSPS) is 17.2. The molecule has 3 heterocycles. The average molecular weight is 349 g/mol. The smallest absolute Gasteiger partial charge is 0.279 e. The van der Waals surface area contributed by atoms with Crippen molar-refractivity contribution in [2.24, 2.45) is 5.92 Å². The Kier molecular flexibility index (Phi) is 4.98. The molecule has 0 radical (unpaired) electrons. The van der Waals surface area contributed by atoms with Gasteiger partial charge in [0.1, 0.15) is 11.6 Å². The molecule has 0 aromatic carbocycles. The van der Waals surface area contributed by atoms with Crippen molar-refractivity contribution < 1.29 is 8.42 Å². The zero-order chi connectivity index (χ0) is 17.2. The summed E-state index contributed by atoms with van der Waals surface area (Å²) in [6.07, 6.45) is 7.06. The number of nitrogens with zero attached hydrogens (tertiary/aromatic N) is 4. The van der Waals surface area contributed by atoms with E-state index in [0.29, 0.717) is 19.0 Å². The predicted octanol–water partition coefficient (Wildman–Crippen LogP) is 1.64. The van der Waals surface area contributed by atoms with E-state index in [1.165, 1.54) is 4.31 Å². The molecule has 1 fully saturated rings. The van der Waals surface area contributed by atoms with Crippen LogP contribution in [0.5, 0.6) is 0 Å². The summed E-state index contributed by atoms with van der Waals surface area (Å²) in [5.74, 6) is 2.16. The first-order valence-electron chi connectivity index (χ1n) is 8.16. The fourth-order valence-corrected chi connectivity index (χ4v) is 4.04. The number of nitrogens with one attached hydrogen (secondary N) is 1. The summed E-state index contributed by atoms with van der Waals surface area (Å²) in [7, 11) is -3.44. The zero-order valence-electron chi connectivity index (χ0n) is 14.0. The topological polar surface area (TPSA) is 80.1 Å². The predicted molar refractivity (Wildman–Crippen MR) is 91.8 cm³/mol. The Labute approximate surface area is 142 Å². The second-order valence-corrected chi connectivity index (χ2v) is 8.03. The Bertz CT molecular complexity index is 794. The lowest BCUT2D eigenvalue weighted by Gasteiger charge is -2.29. The van der Waals surface area contributed by atoms with Crippen LogP contribution in [0.25, 0.3) is 5.82 Å². The summed E-state index contributed by atoms with van der Waals surface area (Å²) >= 11 is 0. The highest BCUT2D eigenvalue weighted by molar-refractivity contribution is 7.87. The van der Waals surface area contributed by atoms with Crippen molar-refractivity contribution in [2.75, 3.05) is 13.1 Å². The number of aryl methyl sites for hydroxylation is 1. The van der Waals surface area contributed by atoms with Crippen molar-refractivity contribution in [1.29, 1.82) is 0 Å². The molecule has 0 aliphatic carbocycles. The molecule has 0 saturated carbocycles. The highest BCUT2D eigenvalue weighted by Gasteiger charge is 2.25. The third kappa shape index (κ3) is 3.82. The van der Waals surface area contributed by atoms with Gasteiger partial charge < -0.3 is 0 Å². The molecular weight excluding hydrogens is 326 g/mol. The lowest BCUT2D eigenvalue weighted by Crippen LogP contribution is -2.44. The minimum Gasteiger partial charge on any atom is -0.288 e. The van der Waals surface area contributed by atoms with Crippen molar-refractivity contribution in [1.82, 2.24) is 23.6 Å². The van der Waals surface area contributed by atoms with Crippen molar-refractivity contribution in [3.05, 3.63) is 42.1 Å². The number of hydrogen-bond acceptors (Lipinski definition) is 4. The van der Waals surface area contributed by atoms with Crippen LogP contribution in [-0.2, 0) is 16.8 Å². The number of aromatic nitrogens is 3. The highest BCUT2D eigenvalue weighted by atomic mass is 32.2. The standard InChI is InChI=1S/C16H23N5O2S/c1-13-4-8-20(9-5-13)24(22,23)19-12-15-3-6-18-16(11-15)21-10-7-17-14(21)2/h3,6-7,10-11,13,19H,4-5,8-9,12H2,1-2H3. The summed E-state index contributed by atoms with van der Waals surface area (Å²) in [6.45, 7) is 5.48. The van der Waals surface area contributed by atoms with E-state index in [-0.39, 0.29) is 6.54 Å². The summed E-state index contributed by atoms with van der Waals surface area (Å²) in [5.41, 5.74) is 0.863. The van der Waals surface area contributed by atoms with E-state index in [2.05, 4.69) is 21.6 Å². The van der Waals surface area contributed by atoms with E-state index in [4.69, 9.17) is 0 Å². The minimum absolute atomic E-state index is 0.248. The van der Waals surface area contributed by atoms with Gasteiger partial charge in [-0.15, -0.1) is 0 Å². The molecular formula is C16H23N5O2S. The molecule has 0 amide bonds. The third-order valence-corrected chi connectivity index (χ3v) is 5.98. The molecule has 8 heteroatoms. The average Bonchev–Trinajstić information content (AvgIpc) is 3.00. The van der Waals surface area contributed by atoms with E-state index in [1.807, 2.05) is 29.8 Å². The minimum atomic E-state index is -3.44. The molecule has 1 aliphatic rings. The van der Waals surface area contributed by atoms with Crippen molar-refractivity contribution in [2.45, 2.75) is 33.2 Å². The van der Waals surface area contributed by atoms with Gasteiger partial charge in [0.15, 0.2) is 0 Å². The van der Waals surface area contributed by atoms with Crippen molar-refractivity contribution >= 4 is 10.2 Å². The van der Waals surface area contributed by atoms with Crippen molar-refractivity contribution in [3.8, 4) is 5.82 Å². The largest absolute Gasteiger partial charge is 0.288 e. The molecule has 3 rings (SSSR count). The first-order valence-corrected chi connectivity index (χ1v) is 9.60.